The molecule has 0 aliphatic carbocycles. The van der Waals surface area contributed by atoms with E-state index in [2.05, 4.69) is 0 Å². The minimum Gasteiger partial charge on any atom is -0.453 e. The summed E-state index contributed by atoms with van der Waals surface area (Å²) in [6.07, 6.45) is -0.991. The molecule has 1 aliphatic rings. The van der Waals surface area contributed by atoms with Gasteiger partial charge >= 0.3 is 5.97 Å². The zero-order valence-corrected chi connectivity index (χ0v) is 8.13. The molecule has 1 aliphatic heterocycles. The first-order chi connectivity index (χ1) is 7.27. The van der Waals surface area contributed by atoms with Gasteiger partial charge in [-0.05, 0) is 12.1 Å². The van der Waals surface area contributed by atoms with E-state index in [1.54, 1.807) is 24.3 Å². The first kappa shape index (κ1) is 10.1. The van der Waals surface area contributed by atoms with Crippen LogP contribution >= 0.6 is 0 Å². The first-order valence-electron chi connectivity index (χ1n) is 4.83. The third-order valence-corrected chi connectivity index (χ3v) is 2.28. The molecular weight excluding hydrogens is 196 g/mol. The highest BCUT2D eigenvalue weighted by atomic mass is 16.7. The molecular formula is C11H12O4. The highest BCUT2D eigenvalue weighted by Crippen LogP contribution is 2.16. The van der Waals surface area contributed by atoms with E-state index in [0.29, 0.717) is 18.6 Å². The van der Waals surface area contributed by atoms with Crippen molar-refractivity contribution < 1.29 is 19.4 Å². The Morgan fingerprint density at radius 2 is 2.13 bits per heavy atom. The fraction of sp³-hybridized carbons (Fsp3) is 0.364. The number of carbonyl (C=O) groups is 1. The molecule has 1 aromatic carbocycles. The molecule has 0 bridgehead atoms. The molecule has 2 atom stereocenters. The smallest absolute Gasteiger partial charge is 0.338 e. The summed E-state index contributed by atoms with van der Waals surface area (Å²) < 4.78 is 9.98. The third-order valence-electron chi connectivity index (χ3n) is 2.28. The van der Waals surface area contributed by atoms with Crippen LogP contribution in [0, 0.1) is 0 Å². The lowest BCUT2D eigenvalue weighted by Crippen LogP contribution is -2.26. The monoisotopic (exact) mass is 208 g/mol. The average Bonchev–Trinajstić information content (AvgIpc) is 2.66. The molecule has 1 N–H and O–H groups in total. The molecule has 2 unspecified atom stereocenters. The van der Waals surface area contributed by atoms with Crippen molar-refractivity contribution in [3.8, 4) is 0 Å². The van der Waals surface area contributed by atoms with Gasteiger partial charge in [-0.3, -0.25) is 0 Å². The third kappa shape index (κ3) is 2.34. The van der Waals surface area contributed by atoms with Gasteiger partial charge in [-0.2, -0.15) is 0 Å². The quantitative estimate of drug-likeness (QED) is 0.735. The minimum absolute atomic E-state index is 0.425. The molecule has 4 nitrogen and oxygen atoms in total. The molecule has 1 fully saturated rings. The van der Waals surface area contributed by atoms with Crippen LogP contribution < -0.4 is 0 Å². The second-order valence-electron chi connectivity index (χ2n) is 3.36. The molecule has 0 amide bonds. The average molecular weight is 208 g/mol. The van der Waals surface area contributed by atoms with Gasteiger partial charge in [0.05, 0.1) is 12.2 Å². The van der Waals surface area contributed by atoms with Crippen molar-refractivity contribution in [2.24, 2.45) is 0 Å². The Kier molecular flexibility index (Phi) is 2.99. The number of rotatable bonds is 2. The van der Waals surface area contributed by atoms with E-state index in [9.17, 15) is 9.90 Å². The van der Waals surface area contributed by atoms with Crippen molar-refractivity contribution in [1.29, 1.82) is 0 Å². The molecule has 80 valence electrons. The van der Waals surface area contributed by atoms with Crippen LogP contribution in [-0.2, 0) is 9.47 Å². The van der Waals surface area contributed by atoms with Gasteiger partial charge in [0, 0.05) is 6.42 Å². The Labute approximate surface area is 87.4 Å². The van der Waals surface area contributed by atoms with Gasteiger partial charge in [0.15, 0.2) is 12.4 Å². The van der Waals surface area contributed by atoms with E-state index in [4.69, 9.17) is 9.47 Å². The summed E-state index contributed by atoms with van der Waals surface area (Å²) in [5.41, 5.74) is 0.483. The van der Waals surface area contributed by atoms with Crippen molar-refractivity contribution in [1.82, 2.24) is 0 Å². The molecule has 4 heteroatoms. The van der Waals surface area contributed by atoms with Crippen LogP contribution in [0.5, 0.6) is 0 Å². The standard InChI is InChI=1S/C11H12O4/c12-10(8-4-2-1-3-5-8)15-9-6-7-14-11(9)13/h1-5,9,11,13H,6-7H2. The number of aliphatic hydroxyl groups excluding tert-OH is 1. The number of hydrogen-bond acceptors (Lipinski definition) is 4. The van der Waals surface area contributed by atoms with Crippen molar-refractivity contribution in [2.75, 3.05) is 6.61 Å². The van der Waals surface area contributed by atoms with Crippen LogP contribution in [0.1, 0.15) is 16.8 Å². The molecule has 0 spiro atoms. The second kappa shape index (κ2) is 4.42. The SMILES string of the molecule is O=C(OC1CCOC1O)c1ccccc1. The predicted molar refractivity (Wildman–Crippen MR) is 52.2 cm³/mol. The maximum absolute atomic E-state index is 11.6. The number of ether oxygens (including phenoxy) is 2. The van der Waals surface area contributed by atoms with Gasteiger partial charge < -0.3 is 14.6 Å². The van der Waals surface area contributed by atoms with Crippen molar-refractivity contribution in [2.45, 2.75) is 18.8 Å². The van der Waals surface area contributed by atoms with Crippen LogP contribution in [0.15, 0.2) is 30.3 Å². The van der Waals surface area contributed by atoms with E-state index >= 15 is 0 Å². The summed E-state index contributed by atoms with van der Waals surface area (Å²) in [6.45, 7) is 0.425. The molecule has 1 heterocycles. The highest BCUT2D eigenvalue weighted by molar-refractivity contribution is 5.89. The van der Waals surface area contributed by atoms with Gasteiger partial charge in [0.25, 0.3) is 0 Å². The van der Waals surface area contributed by atoms with Gasteiger partial charge in [-0.25, -0.2) is 4.79 Å². The second-order valence-corrected chi connectivity index (χ2v) is 3.36. The Bertz CT molecular complexity index is 336. The van der Waals surface area contributed by atoms with E-state index in [0.717, 1.165) is 0 Å². The Balaban J connectivity index is 1.98. The summed E-state index contributed by atoms with van der Waals surface area (Å²) in [7, 11) is 0. The van der Waals surface area contributed by atoms with Crippen LogP contribution in [0.3, 0.4) is 0 Å². The summed E-state index contributed by atoms with van der Waals surface area (Å²) in [5.74, 6) is -0.426. The fourth-order valence-corrected chi connectivity index (χ4v) is 1.45. The maximum Gasteiger partial charge on any atom is 0.338 e. The normalized spacial score (nSPS) is 25.1. The molecule has 0 radical (unpaired) electrons. The van der Waals surface area contributed by atoms with E-state index in [1.807, 2.05) is 6.07 Å². The highest BCUT2D eigenvalue weighted by Gasteiger charge is 2.29. The molecule has 1 saturated heterocycles. The lowest BCUT2D eigenvalue weighted by molar-refractivity contribution is -0.112. The molecule has 0 aromatic heterocycles. The lowest BCUT2D eigenvalue weighted by atomic mass is 10.2. The van der Waals surface area contributed by atoms with Gasteiger partial charge in [-0.1, -0.05) is 18.2 Å². The zero-order valence-electron chi connectivity index (χ0n) is 8.13. The number of benzene rings is 1. The lowest BCUT2D eigenvalue weighted by Gasteiger charge is -2.13. The number of carbonyl (C=O) groups excluding carboxylic acids is 1. The topological polar surface area (TPSA) is 55.8 Å². The van der Waals surface area contributed by atoms with E-state index < -0.39 is 18.4 Å². The van der Waals surface area contributed by atoms with Crippen molar-refractivity contribution >= 4 is 5.97 Å². The number of aliphatic hydroxyl groups is 1. The van der Waals surface area contributed by atoms with Crippen LogP contribution in [-0.4, -0.2) is 30.1 Å². The van der Waals surface area contributed by atoms with Gasteiger partial charge in [0.1, 0.15) is 0 Å². The molecule has 15 heavy (non-hydrogen) atoms. The number of esters is 1. The fourth-order valence-electron chi connectivity index (χ4n) is 1.45. The van der Waals surface area contributed by atoms with Gasteiger partial charge in [0.2, 0.25) is 0 Å². The predicted octanol–water partition coefficient (Wildman–Crippen LogP) is 0.951. The summed E-state index contributed by atoms with van der Waals surface area (Å²) >= 11 is 0. The molecule has 1 aromatic rings. The Hall–Kier alpha value is -1.39. The zero-order chi connectivity index (χ0) is 10.7. The Morgan fingerprint density at radius 3 is 2.73 bits per heavy atom. The van der Waals surface area contributed by atoms with Crippen LogP contribution in [0.2, 0.25) is 0 Å². The van der Waals surface area contributed by atoms with Crippen molar-refractivity contribution in [3.63, 3.8) is 0 Å². The summed E-state index contributed by atoms with van der Waals surface area (Å²) in [5, 5.41) is 9.29. The summed E-state index contributed by atoms with van der Waals surface area (Å²) in [4.78, 5) is 11.6. The van der Waals surface area contributed by atoms with E-state index in [1.165, 1.54) is 0 Å². The largest absolute Gasteiger partial charge is 0.453 e. The Morgan fingerprint density at radius 1 is 1.40 bits per heavy atom. The van der Waals surface area contributed by atoms with E-state index in [-0.39, 0.29) is 0 Å². The molecule has 2 rings (SSSR count). The van der Waals surface area contributed by atoms with Crippen LogP contribution in [0.25, 0.3) is 0 Å². The number of hydrogen-bond donors (Lipinski definition) is 1. The maximum atomic E-state index is 11.6. The summed E-state index contributed by atoms with van der Waals surface area (Å²) in [6, 6.07) is 8.69. The van der Waals surface area contributed by atoms with Crippen LogP contribution in [0.4, 0.5) is 0 Å². The van der Waals surface area contributed by atoms with Gasteiger partial charge in [-0.15, -0.1) is 0 Å². The van der Waals surface area contributed by atoms with Crippen molar-refractivity contribution in [3.05, 3.63) is 35.9 Å². The molecule has 0 saturated carbocycles. The first-order valence-corrected chi connectivity index (χ1v) is 4.83. The minimum atomic E-state index is -0.988.